The molecule has 0 heterocycles. The molecule has 1 amide bonds. The van der Waals surface area contributed by atoms with Crippen LogP contribution in [0.15, 0.2) is 12.1 Å². The predicted octanol–water partition coefficient (Wildman–Crippen LogP) is 1.87. The first-order chi connectivity index (χ1) is 8.42. The van der Waals surface area contributed by atoms with Gasteiger partial charge in [-0.3, -0.25) is 4.79 Å². The van der Waals surface area contributed by atoms with Crippen molar-refractivity contribution in [2.75, 3.05) is 25.6 Å². The van der Waals surface area contributed by atoms with E-state index in [1.807, 2.05) is 32.9 Å². The number of hydrogen-bond donors (Lipinski definition) is 1. The van der Waals surface area contributed by atoms with Crippen LogP contribution < -0.4 is 15.4 Å². The molecule has 0 fully saturated rings. The molecule has 4 heteroatoms. The van der Waals surface area contributed by atoms with Gasteiger partial charge in [0.25, 0.3) is 0 Å². The maximum Gasteiger partial charge on any atom is 0.230 e. The van der Waals surface area contributed by atoms with Gasteiger partial charge in [0.05, 0.1) is 12.8 Å². The first-order valence-corrected chi connectivity index (χ1v) is 6.05. The van der Waals surface area contributed by atoms with Crippen LogP contribution in [0, 0.1) is 19.8 Å². The molecule has 0 aliphatic rings. The van der Waals surface area contributed by atoms with Crippen LogP contribution >= 0.6 is 0 Å². The Balaban J connectivity index is 3.19. The number of carbonyl (C=O) groups excluding carboxylic acids is 1. The average molecular weight is 250 g/mol. The van der Waals surface area contributed by atoms with Crippen molar-refractivity contribution < 1.29 is 9.53 Å². The van der Waals surface area contributed by atoms with Crippen molar-refractivity contribution in [2.45, 2.75) is 20.8 Å². The highest BCUT2D eigenvalue weighted by Gasteiger charge is 2.21. The van der Waals surface area contributed by atoms with Gasteiger partial charge in [-0.25, -0.2) is 0 Å². The Hall–Kier alpha value is -1.55. The Morgan fingerprint density at radius 2 is 2.06 bits per heavy atom. The molecule has 0 radical (unpaired) electrons. The summed E-state index contributed by atoms with van der Waals surface area (Å²) in [5.41, 5.74) is 8.45. The summed E-state index contributed by atoms with van der Waals surface area (Å²) >= 11 is 0. The molecule has 4 nitrogen and oxygen atoms in total. The highest BCUT2D eigenvalue weighted by Crippen LogP contribution is 2.33. The van der Waals surface area contributed by atoms with Crippen LogP contribution in [-0.2, 0) is 4.79 Å². The summed E-state index contributed by atoms with van der Waals surface area (Å²) in [7, 11) is 3.37. The SMILES string of the molecule is COc1c(C)cc(C)cc1N(C)C(=O)C(C)CN. The van der Waals surface area contributed by atoms with Crippen molar-refractivity contribution in [3.63, 3.8) is 0 Å². The third-order valence-corrected chi connectivity index (χ3v) is 3.07. The number of rotatable bonds is 4. The van der Waals surface area contributed by atoms with E-state index in [4.69, 9.17) is 10.5 Å². The molecule has 0 aliphatic heterocycles. The third kappa shape index (κ3) is 2.82. The van der Waals surface area contributed by atoms with E-state index in [9.17, 15) is 4.79 Å². The quantitative estimate of drug-likeness (QED) is 0.887. The molecule has 1 unspecified atom stereocenters. The molecule has 1 rings (SSSR count). The number of methoxy groups -OCH3 is 1. The molecule has 0 spiro atoms. The molecule has 0 saturated carbocycles. The molecule has 0 aliphatic carbocycles. The molecule has 1 aromatic carbocycles. The lowest BCUT2D eigenvalue weighted by atomic mass is 10.1. The predicted molar refractivity (Wildman–Crippen MR) is 74.1 cm³/mol. The first kappa shape index (κ1) is 14.5. The highest BCUT2D eigenvalue weighted by molar-refractivity contribution is 5.96. The standard InChI is InChI=1S/C14H22N2O2/c1-9-6-10(2)13(18-5)12(7-9)16(4)14(17)11(3)8-15/h6-7,11H,8,15H2,1-5H3. The monoisotopic (exact) mass is 250 g/mol. The second kappa shape index (κ2) is 5.87. The van der Waals surface area contributed by atoms with Crippen LogP contribution in [0.2, 0.25) is 0 Å². The minimum absolute atomic E-state index is 0.000741. The Labute approximate surface area is 109 Å². The van der Waals surface area contributed by atoms with Crippen LogP contribution in [0.25, 0.3) is 0 Å². The number of anilines is 1. The van der Waals surface area contributed by atoms with Crippen LogP contribution in [0.3, 0.4) is 0 Å². The number of ether oxygens (including phenoxy) is 1. The Kier molecular flexibility index (Phi) is 4.73. The number of amides is 1. The number of nitrogens with zero attached hydrogens (tertiary/aromatic N) is 1. The van der Waals surface area contributed by atoms with Gasteiger partial charge in [0, 0.05) is 19.5 Å². The summed E-state index contributed by atoms with van der Waals surface area (Å²) in [6.07, 6.45) is 0. The van der Waals surface area contributed by atoms with Gasteiger partial charge in [0.1, 0.15) is 5.75 Å². The first-order valence-electron chi connectivity index (χ1n) is 6.05. The van der Waals surface area contributed by atoms with Crippen LogP contribution in [0.5, 0.6) is 5.75 Å². The van der Waals surface area contributed by atoms with E-state index in [0.29, 0.717) is 6.54 Å². The van der Waals surface area contributed by atoms with Crippen molar-refractivity contribution >= 4 is 11.6 Å². The Morgan fingerprint density at radius 1 is 1.44 bits per heavy atom. The fourth-order valence-electron chi connectivity index (χ4n) is 2.00. The molecule has 1 atom stereocenters. The molecule has 0 aromatic heterocycles. The molecule has 1 aromatic rings. The second-order valence-electron chi connectivity index (χ2n) is 4.67. The topological polar surface area (TPSA) is 55.6 Å². The molecule has 100 valence electrons. The van der Waals surface area contributed by atoms with E-state index in [1.54, 1.807) is 19.1 Å². The number of carbonyl (C=O) groups is 1. The fourth-order valence-corrected chi connectivity index (χ4v) is 2.00. The largest absolute Gasteiger partial charge is 0.494 e. The van der Waals surface area contributed by atoms with Crippen molar-refractivity contribution in [3.8, 4) is 5.75 Å². The lowest BCUT2D eigenvalue weighted by Gasteiger charge is -2.24. The summed E-state index contributed by atoms with van der Waals surface area (Å²) in [5, 5.41) is 0. The third-order valence-electron chi connectivity index (χ3n) is 3.07. The van der Waals surface area contributed by atoms with Crippen LogP contribution in [0.4, 0.5) is 5.69 Å². The maximum atomic E-state index is 12.2. The summed E-state index contributed by atoms with van der Waals surface area (Å²) < 4.78 is 5.39. The lowest BCUT2D eigenvalue weighted by Crippen LogP contribution is -2.35. The van der Waals surface area contributed by atoms with Gasteiger partial charge in [-0.2, -0.15) is 0 Å². The average Bonchev–Trinajstić information content (AvgIpc) is 2.35. The summed E-state index contributed by atoms with van der Waals surface area (Å²) in [4.78, 5) is 13.8. The Morgan fingerprint density at radius 3 is 2.56 bits per heavy atom. The van der Waals surface area contributed by atoms with E-state index in [0.717, 1.165) is 22.6 Å². The summed E-state index contributed by atoms with van der Waals surface area (Å²) in [6.45, 7) is 6.14. The van der Waals surface area contributed by atoms with E-state index >= 15 is 0 Å². The minimum Gasteiger partial charge on any atom is -0.494 e. The molecule has 0 saturated heterocycles. The second-order valence-corrected chi connectivity index (χ2v) is 4.67. The zero-order valence-electron chi connectivity index (χ0n) is 11.8. The highest BCUT2D eigenvalue weighted by atomic mass is 16.5. The lowest BCUT2D eigenvalue weighted by molar-refractivity contribution is -0.121. The van der Waals surface area contributed by atoms with E-state index in [1.165, 1.54) is 0 Å². The van der Waals surface area contributed by atoms with Gasteiger partial charge in [0.2, 0.25) is 5.91 Å². The van der Waals surface area contributed by atoms with Crippen molar-refractivity contribution in [1.82, 2.24) is 0 Å². The van der Waals surface area contributed by atoms with Gasteiger partial charge >= 0.3 is 0 Å². The Bertz CT molecular complexity index is 444. The number of aryl methyl sites for hydroxylation is 2. The fraction of sp³-hybridized carbons (Fsp3) is 0.500. The van der Waals surface area contributed by atoms with Gasteiger partial charge < -0.3 is 15.4 Å². The van der Waals surface area contributed by atoms with Gasteiger partial charge in [-0.05, 0) is 31.0 Å². The summed E-state index contributed by atoms with van der Waals surface area (Å²) in [5.74, 6) is 0.544. The van der Waals surface area contributed by atoms with Gasteiger partial charge in [-0.15, -0.1) is 0 Å². The van der Waals surface area contributed by atoms with E-state index in [2.05, 4.69) is 0 Å². The maximum absolute atomic E-state index is 12.2. The van der Waals surface area contributed by atoms with E-state index < -0.39 is 0 Å². The molecular weight excluding hydrogens is 228 g/mol. The smallest absolute Gasteiger partial charge is 0.230 e. The molecule has 18 heavy (non-hydrogen) atoms. The van der Waals surface area contributed by atoms with Crippen molar-refractivity contribution in [3.05, 3.63) is 23.3 Å². The zero-order valence-corrected chi connectivity index (χ0v) is 11.8. The molecule has 2 N–H and O–H groups in total. The zero-order chi connectivity index (χ0) is 13.9. The molecular formula is C14H22N2O2. The number of nitrogens with two attached hydrogens (primary N) is 1. The van der Waals surface area contributed by atoms with Crippen LogP contribution in [-0.4, -0.2) is 26.6 Å². The number of hydrogen-bond acceptors (Lipinski definition) is 3. The summed E-state index contributed by atoms with van der Waals surface area (Å²) in [6, 6.07) is 3.99. The van der Waals surface area contributed by atoms with Gasteiger partial charge in [-0.1, -0.05) is 13.0 Å². The van der Waals surface area contributed by atoms with Crippen molar-refractivity contribution in [2.24, 2.45) is 11.7 Å². The van der Waals surface area contributed by atoms with E-state index in [-0.39, 0.29) is 11.8 Å². The molecule has 0 bridgehead atoms. The van der Waals surface area contributed by atoms with Crippen LogP contribution in [0.1, 0.15) is 18.1 Å². The van der Waals surface area contributed by atoms with Crippen molar-refractivity contribution in [1.29, 1.82) is 0 Å². The normalized spacial score (nSPS) is 12.1. The minimum atomic E-state index is -0.194. The van der Waals surface area contributed by atoms with Gasteiger partial charge in [0.15, 0.2) is 0 Å². The number of benzene rings is 1.